The minimum absolute atomic E-state index is 0.0900. The molecule has 0 aliphatic carbocycles. The van der Waals surface area contributed by atoms with Gasteiger partial charge in [0.1, 0.15) is 5.60 Å². The van der Waals surface area contributed by atoms with Crippen LogP contribution in [0.25, 0.3) is 0 Å². The van der Waals surface area contributed by atoms with Crippen LogP contribution in [0, 0.1) is 5.92 Å². The van der Waals surface area contributed by atoms with Crippen LogP contribution in [-0.4, -0.2) is 61.8 Å². The largest absolute Gasteiger partial charge is 0.444 e. The van der Waals surface area contributed by atoms with Crippen molar-refractivity contribution in [1.29, 1.82) is 0 Å². The van der Waals surface area contributed by atoms with Gasteiger partial charge in [-0.2, -0.15) is 0 Å². The molecule has 2 atom stereocenters. The fourth-order valence-electron chi connectivity index (χ4n) is 3.90. The molecule has 2 fully saturated rings. The lowest BCUT2D eigenvalue weighted by atomic mass is 9.81. The number of rotatable bonds is 3. The highest BCUT2D eigenvalue weighted by Gasteiger charge is 2.45. The molecule has 2 aliphatic heterocycles. The Hall–Kier alpha value is -2.08. The highest BCUT2D eigenvalue weighted by molar-refractivity contribution is 5.98. The maximum absolute atomic E-state index is 13.0. The molecule has 0 saturated carbocycles. The average Bonchev–Trinajstić information content (AvgIpc) is 2.58. The lowest BCUT2D eigenvalue weighted by Crippen LogP contribution is -2.60. The number of hydrogen-bond acceptors (Lipinski definition) is 5. The van der Waals surface area contributed by atoms with E-state index in [1.54, 1.807) is 4.90 Å². The molecule has 6 nitrogen and oxygen atoms in total. The quantitative estimate of drug-likeness (QED) is 0.760. The third kappa shape index (κ3) is 4.43. The maximum Gasteiger partial charge on any atom is 0.410 e. The Bertz CT molecular complexity index is 679. The van der Waals surface area contributed by atoms with Crippen LogP contribution in [0.15, 0.2) is 24.3 Å². The van der Waals surface area contributed by atoms with Crippen molar-refractivity contribution >= 4 is 17.6 Å². The summed E-state index contributed by atoms with van der Waals surface area (Å²) in [4.78, 5) is 29.5. The number of carbonyl (C=O) groups excluding carboxylic acids is 2. The fraction of sp³-hybridized carbons (Fsp3) is 0.619. The molecule has 1 aromatic rings. The van der Waals surface area contributed by atoms with E-state index in [-0.39, 0.29) is 29.9 Å². The second-order valence-electron chi connectivity index (χ2n) is 8.71. The second-order valence-corrected chi connectivity index (χ2v) is 8.71. The molecule has 148 valence electrons. The van der Waals surface area contributed by atoms with Gasteiger partial charge >= 0.3 is 6.09 Å². The molecule has 0 N–H and O–H groups in total. The van der Waals surface area contributed by atoms with Crippen LogP contribution in [0.4, 0.5) is 10.5 Å². The number of ether oxygens (including phenoxy) is 2. The first-order valence-corrected chi connectivity index (χ1v) is 9.56. The van der Waals surface area contributed by atoms with Gasteiger partial charge in [0, 0.05) is 31.3 Å². The summed E-state index contributed by atoms with van der Waals surface area (Å²) in [7, 11) is 3.95. The van der Waals surface area contributed by atoms with Crippen molar-refractivity contribution in [2.24, 2.45) is 5.92 Å². The lowest BCUT2D eigenvalue weighted by molar-refractivity contribution is -0.0861. The molecule has 2 heterocycles. The van der Waals surface area contributed by atoms with Crippen LogP contribution in [0.3, 0.4) is 0 Å². The summed E-state index contributed by atoms with van der Waals surface area (Å²) in [6.07, 6.45) is 0.927. The molecular weight excluding hydrogens is 344 g/mol. The van der Waals surface area contributed by atoms with Gasteiger partial charge in [0.2, 0.25) is 0 Å². The third-order valence-electron chi connectivity index (χ3n) is 5.16. The molecule has 0 spiro atoms. The number of ketones is 1. The second kappa shape index (κ2) is 7.50. The van der Waals surface area contributed by atoms with E-state index in [1.807, 2.05) is 64.0 Å². The predicted molar refractivity (Wildman–Crippen MR) is 104 cm³/mol. The first kappa shape index (κ1) is 19.7. The number of nitrogens with zero attached hydrogens (tertiary/aromatic N) is 2. The molecule has 2 unspecified atom stereocenters. The average molecular weight is 374 g/mol. The molecule has 2 bridgehead atoms. The van der Waals surface area contributed by atoms with Crippen molar-refractivity contribution in [2.75, 3.05) is 32.2 Å². The van der Waals surface area contributed by atoms with E-state index in [9.17, 15) is 9.59 Å². The Balaban J connectivity index is 1.72. The molecule has 3 rings (SSSR count). The SMILES string of the molecule is CN(C)c1ccc(C(=O)C2CC3COCC(C2)N3C(=O)OC(C)(C)C)cc1. The number of hydrogen-bond donors (Lipinski definition) is 0. The fourth-order valence-corrected chi connectivity index (χ4v) is 3.90. The number of morpholine rings is 1. The van der Waals surface area contributed by atoms with Crippen molar-refractivity contribution in [2.45, 2.75) is 51.3 Å². The molecule has 6 heteroatoms. The summed E-state index contributed by atoms with van der Waals surface area (Å²) >= 11 is 0. The van der Waals surface area contributed by atoms with Crippen molar-refractivity contribution < 1.29 is 19.1 Å². The van der Waals surface area contributed by atoms with Crippen LogP contribution in [0.5, 0.6) is 0 Å². The molecule has 0 aromatic heterocycles. The van der Waals surface area contributed by atoms with E-state index in [1.165, 1.54) is 0 Å². The molecule has 0 radical (unpaired) electrons. The van der Waals surface area contributed by atoms with Gasteiger partial charge in [-0.25, -0.2) is 4.79 Å². The highest BCUT2D eigenvalue weighted by atomic mass is 16.6. The number of anilines is 1. The zero-order chi connectivity index (χ0) is 19.8. The minimum Gasteiger partial charge on any atom is -0.444 e. The van der Waals surface area contributed by atoms with E-state index in [0.29, 0.717) is 26.1 Å². The van der Waals surface area contributed by atoms with Crippen LogP contribution in [-0.2, 0) is 9.47 Å². The number of fused-ring (bicyclic) bond motifs is 2. The standard InChI is InChI=1S/C21H30N2O4/c1-21(2,3)27-20(25)23-17-10-15(11-18(23)13-26-12-17)19(24)14-6-8-16(9-7-14)22(4)5/h6-9,15,17-18H,10-13H2,1-5H3. The Morgan fingerprint density at radius 3 is 2.11 bits per heavy atom. The molecular formula is C21H30N2O4. The van der Waals surface area contributed by atoms with Crippen LogP contribution >= 0.6 is 0 Å². The topological polar surface area (TPSA) is 59.1 Å². The van der Waals surface area contributed by atoms with Crippen LogP contribution in [0.1, 0.15) is 44.0 Å². The molecule has 1 aromatic carbocycles. The molecule has 2 aliphatic rings. The number of Topliss-reactive ketones (excluding diaryl/α,β-unsaturated/α-hetero) is 1. The molecule has 1 amide bonds. The van der Waals surface area contributed by atoms with E-state index in [0.717, 1.165) is 11.3 Å². The van der Waals surface area contributed by atoms with E-state index >= 15 is 0 Å². The Morgan fingerprint density at radius 2 is 1.63 bits per heavy atom. The molecule has 2 saturated heterocycles. The first-order chi connectivity index (χ1) is 12.7. The van der Waals surface area contributed by atoms with Crippen molar-refractivity contribution in [3.8, 4) is 0 Å². The number of carbonyl (C=O) groups is 2. The van der Waals surface area contributed by atoms with E-state index in [4.69, 9.17) is 9.47 Å². The van der Waals surface area contributed by atoms with Crippen LogP contribution < -0.4 is 4.90 Å². The van der Waals surface area contributed by atoms with Crippen molar-refractivity contribution in [3.05, 3.63) is 29.8 Å². The lowest BCUT2D eigenvalue weighted by Gasteiger charge is -2.47. The predicted octanol–water partition coefficient (Wildman–Crippen LogP) is 3.35. The maximum atomic E-state index is 13.0. The van der Waals surface area contributed by atoms with Crippen molar-refractivity contribution in [1.82, 2.24) is 4.90 Å². The zero-order valence-corrected chi connectivity index (χ0v) is 16.9. The van der Waals surface area contributed by atoms with Gasteiger partial charge in [0.15, 0.2) is 5.78 Å². The van der Waals surface area contributed by atoms with E-state index in [2.05, 4.69) is 0 Å². The summed E-state index contributed by atoms with van der Waals surface area (Å²) in [6.45, 7) is 6.51. The summed E-state index contributed by atoms with van der Waals surface area (Å²) in [5, 5.41) is 0. The van der Waals surface area contributed by atoms with Gasteiger partial charge in [-0.3, -0.25) is 9.69 Å². The summed E-state index contributed by atoms with van der Waals surface area (Å²) < 4.78 is 11.2. The van der Waals surface area contributed by atoms with Gasteiger partial charge < -0.3 is 14.4 Å². The molecule has 27 heavy (non-hydrogen) atoms. The van der Waals surface area contributed by atoms with Gasteiger partial charge in [-0.1, -0.05) is 0 Å². The first-order valence-electron chi connectivity index (χ1n) is 9.56. The monoisotopic (exact) mass is 374 g/mol. The summed E-state index contributed by atoms with van der Waals surface area (Å²) in [5.41, 5.74) is 1.26. The normalized spacial score (nSPS) is 25.1. The minimum atomic E-state index is -0.535. The van der Waals surface area contributed by atoms with Crippen molar-refractivity contribution in [3.63, 3.8) is 0 Å². The van der Waals surface area contributed by atoms with Gasteiger partial charge in [-0.15, -0.1) is 0 Å². The highest BCUT2D eigenvalue weighted by Crippen LogP contribution is 2.34. The van der Waals surface area contributed by atoms with Gasteiger partial charge in [0.05, 0.1) is 25.3 Å². The van der Waals surface area contributed by atoms with Gasteiger partial charge in [0.25, 0.3) is 0 Å². The Kier molecular flexibility index (Phi) is 5.47. The van der Waals surface area contributed by atoms with Crippen LogP contribution in [0.2, 0.25) is 0 Å². The van der Waals surface area contributed by atoms with E-state index < -0.39 is 5.60 Å². The Labute approximate surface area is 161 Å². The smallest absolute Gasteiger partial charge is 0.410 e. The third-order valence-corrected chi connectivity index (χ3v) is 5.16. The number of benzene rings is 1. The number of piperidine rings is 1. The Morgan fingerprint density at radius 1 is 1.07 bits per heavy atom. The zero-order valence-electron chi connectivity index (χ0n) is 16.9. The summed E-state index contributed by atoms with van der Waals surface area (Å²) in [6, 6.07) is 7.50. The number of amides is 1. The van der Waals surface area contributed by atoms with Gasteiger partial charge in [-0.05, 0) is 57.9 Å². The summed E-state index contributed by atoms with van der Waals surface area (Å²) in [5.74, 6) is 0.0637.